The van der Waals surface area contributed by atoms with Crippen LogP contribution in [0.2, 0.25) is 0 Å². The van der Waals surface area contributed by atoms with Crippen LogP contribution in [0, 0.1) is 0 Å². The van der Waals surface area contributed by atoms with E-state index in [0.717, 1.165) is 18.4 Å². The highest BCUT2D eigenvalue weighted by Crippen LogP contribution is 2.25. The zero-order valence-electron chi connectivity index (χ0n) is 8.94. The number of hydrogen-bond acceptors (Lipinski definition) is 3. The lowest BCUT2D eigenvalue weighted by Crippen LogP contribution is -2.22. The minimum Gasteiger partial charge on any atom is -0.504 e. The van der Waals surface area contributed by atoms with Gasteiger partial charge < -0.3 is 15.5 Å². The van der Waals surface area contributed by atoms with Crippen molar-refractivity contribution in [3.63, 3.8) is 0 Å². The van der Waals surface area contributed by atoms with E-state index < -0.39 is 0 Å². The Morgan fingerprint density at radius 2 is 2.12 bits per heavy atom. The van der Waals surface area contributed by atoms with Gasteiger partial charge in [0.05, 0.1) is 0 Å². The van der Waals surface area contributed by atoms with Crippen molar-refractivity contribution >= 4 is 5.91 Å². The van der Waals surface area contributed by atoms with Crippen LogP contribution >= 0.6 is 0 Å². The van der Waals surface area contributed by atoms with E-state index in [4.69, 9.17) is 5.11 Å². The molecule has 4 heteroatoms. The summed E-state index contributed by atoms with van der Waals surface area (Å²) in [5, 5.41) is 21.0. The normalized spacial score (nSPS) is 9.75. The minimum atomic E-state index is -0.187. The molecule has 0 heterocycles. The summed E-state index contributed by atoms with van der Waals surface area (Å²) in [6.07, 6.45) is 2.72. The number of nitrogens with one attached hydrogen (secondary N) is 1. The average molecular weight is 221 g/mol. The van der Waals surface area contributed by atoms with Crippen molar-refractivity contribution in [2.45, 2.75) is 12.8 Å². The third-order valence-corrected chi connectivity index (χ3v) is 2.17. The maximum Gasteiger partial charge on any atom is 0.243 e. The van der Waals surface area contributed by atoms with E-state index in [1.165, 1.54) is 18.2 Å². The molecule has 0 aliphatic carbocycles. The van der Waals surface area contributed by atoms with Gasteiger partial charge >= 0.3 is 0 Å². The van der Waals surface area contributed by atoms with Gasteiger partial charge in [-0.15, -0.1) is 0 Å². The summed E-state index contributed by atoms with van der Waals surface area (Å²) in [5.74, 6) is -0.426. The van der Waals surface area contributed by atoms with Crippen LogP contribution < -0.4 is 5.32 Å². The van der Waals surface area contributed by atoms with Gasteiger partial charge in [0.15, 0.2) is 11.5 Å². The second kappa shape index (κ2) is 5.80. The van der Waals surface area contributed by atoms with Crippen LogP contribution in [0.3, 0.4) is 0 Å². The molecule has 1 aromatic carbocycles. The summed E-state index contributed by atoms with van der Waals surface area (Å²) >= 11 is 0. The SMILES string of the molecule is C=CC(=O)NCCCc1ccc(O)c(O)c1. The summed E-state index contributed by atoms with van der Waals surface area (Å²) in [7, 11) is 0. The summed E-state index contributed by atoms with van der Waals surface area (Å²) in [5.41, 5.74) is 0.920. The van der Waals surface area contributed by atoms with Crippen LogP contribution in [0.1, 0.15) is 12.0 Å². The monoisotopic (exact) mass is 221 g/mol. The van der Waals surface area contributed by atoms with Crippen molar-refractivity contribution in [1.29, 1.82) is 0 Å². The van der Waals surface area contributed by atoms with Crippen LogP contribution in [0.15, 0.2) is 30.9 Å². The van der Waals surface area contributed by atoms with Gasteiger partial charge in [0, 0.05) is 6.54 Å². The third kappa shape index (κ3) is 3.65. The highest BCUT2D eigenvalue weighted by molar-refractivity contribution is 5.86. The molecule has 3 N–H and O–H groups in total. The Bertz CT molecular complexity index is 388. The van der Waals surface area contributed by atoms with Crippen molar-refractivity contribution in [2.24, 2.45) is 0 Å². The molecule has 0 aromatic heterocycles. The van der Waals surface area contributed by atoms with E-state index in [9.17, 15) is 9.90 Å². The molecule has 0 aliphatic heterocycles. The topological polar surface area (TPSA) is 69.6 Å². The maximum absolute atomic E-state index is 10.8. The molecule has 86 valence electrons. The van der Waals surface area contributed by atoms with E-state index in [0.29, 0.717) is 6.54 Å². The van der Waals surface area contributed by atoms with E-state index in [-0.39, 0.29) is 17.4 Å². The summed E-state index contributed by atoms with van der Waals surface area (Å²) in [6.45, 7) is 3.91. The average Bonchev–Trinajstić information content (AvgIpc) is 2.28. The molecule has 0 bridgehead atoms. The predicted octanol–water partition coefficient (Wildman–Crippen LogP) is 1.33. The van der Waals surface area contributed by atoms with Crippen molar-refractivity contribution < 1.29 is 15.0 Å². The van der Waals surface area contributed by atoms with E-state index in [1.54, 1.807) is 6.07 Å². The lowest BCUT2D eigenvalue weighted by molar-refractivity contribution is -0.116. The van der Waals surface area contributed by atoms with Gasteiger partial charge in [-0.25, -0.2) is 0 Å². The molecule has 0 atom stereocenters. The second-order valence-corrected chi connectivity index (χ2v) is 3.42. The summed E-state index contributed by atoms with van der Waals surface area (Å²) in [4.78, 5) is 10.8. The minimum absolute atomic E-state index is 0.118. The number of benzene rings is 1. The van der Waals surface area contributed by atoms with E-state index in [2.05, 4.69) is 11.9 Å². The number of hydrogen-bond donors (Lipinski definition) is 3. The molecule has 0 aliphatic rings. The van der Waals surface area contributed by atoms with Crippen LogP contribution in [0.4, 0.5) is 0 Å². The number of carbonyl (C=O) groups excluding carboxylic acids is 1. The quantitative estimate of drug-likeness (QED) is 0.399. The molecule has 4 nitrogen and oxygen atoms in total. The summed E-state index contributed by atoms with van der Waals surface area (Å²) in [6, 6.07) is 4.71. The van der Waals surface area contributed by atoms with Gasteiger partial charge in [-0.3, -0.25) is 4.79 Å². The van der Waals surface area contributed by atoms with E-state index >= 15 is 0 Å². The Morgan fingerprint density at radius 1 is 1.38 bits per heavy atom. The number of phenolic OH excluding ortho intramolecular Hbond substituents is 2. The number of rotatable bonds is 5. The fourth-order valence-electron chi connectivity index (χ4n) is 1.30. The first-order chi connectivity index (χ1) is 7.63. The molecule has 16 heavy (non-hydrogen) atoms. The molecule has 0 saturated heterocycles. The van der Waals surface area contributed by atoms with Gasteiger partial charge in [0.1, 0.15) is 0 Å². The summed E-state index contributed by atoms with van der Waals surface area (Å²) < 4.78 is 0. The molecule has 0 spiro atoms. The van der Waals surface area contributed by atoms with Crippen molar-refractivity contribution in [1.82, 2.24) is 5.32 Å². The largest absolute Gasteiger partial charge is 0.504 e. The van der Waals surface area contributed by atoms with Gasteiger partial charge in [-0.2, -0.15) is 0 Å². The number of carbonyl (C=O) groups is 1. The maximum atomic E-state index is 10.8. The first kappa shape index (κ1) is 12.1. The first-order valence-corrected chi connectivity index (χ1v) is 5.04. The van der Waals surface area contributed by atoms with Crippen LogP contribution in [-0.2, 0) is 11.2 Å². The number of aromatic hydroxyl groups is 2. The van der Waals surface area contributed by atoms with Crippen molar-refractivity contribution in [3.05, 3.63) is 36.4 Å². The standard InChI is InChI=1S/C12H15NO3/c1-2-12(16)13-7-3-4-9-5-6-10(14)11(15)8-9/h2,5-6,8,14-15H,1,3-4,7H2,(H,13,16). The molecule has 0 saturated carbocycles. The Hall–Kier alpha value is -1.97. The number of phenols is 2. The molecule has 1 aromatic rings. The lowest BCUT2D eigenvalue weighted by atomic mass is 10.1. The van der Waals surface area contributed by atoms with E-state index in [1.807, 2.05) is 0 Å². The lowest BCUT2D eigenvalue weighted by Gasteiger charge is -2.04. The van der Waals surface area contributed by atoms with Crippen LogP contribution in [0.5, 0.6) is 11.5 Å². The fraction of sp³-hybridized carbons (Fsp3) is 0.250. The predicted molar refractivity (Wildman–Crippen MR) is 61.3 cm³/mol. The zero-order valence-corrected chi connectivity index (χ0v) is 8.94. The first-order valence-electron chi connectivity index (χ1n) is 5.04. The molecule has 1 rings (SSSR count). The molecular formula is C12H15NO3. The van der Waals surface area contributed by atoms with Gasteiger partial charge in [-0.05, 0) is 36.6 Å². The second-order valence-electron chi connectivity index (χ2n) is 3.42. The highest BCUT2D eigenvalue weighted by atomic mass is 16.3. The molecule has 1 amide bonds. The Morgan fingerprint density at radius 3 is 2.75 bits per heavy atom. The smallest absolute Gasteiger partial charge is 0.243 e. The van der Waals surface area contributed by atoms with Gasteiger partial charge in [0.2, 0.25) is 5.91 Å². The zero-order chi connectivity index (χ0) is 12.0. The molecule has 0 fully saturated rings. The number of aryl methyl sites for hydroxylation is 1. The molecular weight excluding hydrogens is 206 g/mol. The molecule has 0 radical (unpaired) electrons. The third-order valence-electron chi connectivity index (χ3n) is 2.17. The highest BCUT2D eigenvalue weighted by Gasteiger charge is 2.00. The molecule has 0 unspecified atom stereocenters. The van der Waals surface area contributed by atoms with Crippen molar-refractivity contribution in [2.75, 3.05) is 6.54 Å². The van der Waals surface area contributed by atoms with Gasteiger partial charge in [-0.1, -0.05) is 12.6 Å². The Balaban J connectivity index is 2.35. The van der Waals surface area contributed by atoms with Gasteiger partial charge in [0.25, 0.3) is 0 Å². The Labute approximate surface area is 94.2 Å². The Kier molecular flexibility index (Phi) is 4.39. The fourth-order valence-corrected chi connectivity index (χ4v) is 1.30. The number of amides is 1. The van der Waals surface area contributed by atoms with Crippen LogP contribution in [-0.4, -0.2) is 22.7 Å². The van der Waals surface area contributed by atoms with Crippen LogP contribution in [0.25, 0.3) is 0 Å². The van der Waals surface area contributed by atoms with Crippen molar-refractivity contribution in [3.8, 4) is 11.5 Å².